The number of rotatable bonds is 7. The average Bonchev–Trinajstić information content (AvgIpc) is 3.54. The summed E-state index contributed by atoms with van der Waals surface area (Å²) in [6.45, 7) is 1.69. The lowest BCUT2D eigenvalue weighted by atomic mass is 10.2. The highest BCUT2D eigenvalue weighted by Crippen LogP contribution is 2.36. The number of amides is 1. The summed E-state index contributed by atoms with van der Waals surface area (Å²) < 4.78 is 18.9. The largest absolute Gasteiger partial charge is 0.454 e. The molecule has 1 saturated carbocycles. The fourth-order valence-electron chi connectivity index (χ4n) is 4.27. The van der Waals surface area contributed by atoms with Crippen molar-refractivity contribution in [2.75, 3.05) is 19.2 Å². The molecule has 1 aliphatic carbocycles. The van der Waals surface area contributed by atoms with Crippen molar-refractivity contribution in [3.8, 4) is 22.9 Å². The molecule has 1 saturated heterocycles. The Bertz CT molecular complexity index is 906. The van der Waals surface area contributed by atoms with E-state index in [4.69, 9.17) is 14.2 Å². The Morgan fingerprint density at radius 2 is 2.00 bits per heavy atom. The number of ether oxygens (including phenoxy) is 3. The van der Waals surface area contributed by atoms with Gasteiger partial charge in [0.2, 0.25) is 12.7 Å². The van der Waals surface area contributed by atoms with E-state index in [-0.39, 0.29) is 18.8 Å². The minimum atomic E-state index is 0.0585. The topological polar surface area (TPSA) is 87.5 Å². The first-order valence-electron chi connectivity index (χ1n) is 10.6. The SMILES string of the molecule is O=C(CSc1nnc(-c2ccc3c(c2)OCO3)n1C[C@H]1CCCO1)NC1CCCC1. The number of carbonyl (C=O) groups excluding carboxylic acids is 1. The summed E-state index contributed by atoms with van der Waals surface area (Å²) in [4.78, 5) is 12.4. The molecule has 0 radical (unpaired) electrons. The first-order chi connectivity index (χ1) is 14.8. The van der Waals surface area contributed by atoms with Crippen LogP contribution in [-0.4, -0.2) is 52.0 Å². The zero-order valence-electron chi connectivity index (χ0n) is 16.8. The molecule has 0 unspecified atom stereocenters. The molecule has 2 aliphatic heterocycles. The minimum Gasteiger partial charge on any atom is -0.454 e. The standard InChI is InChI=1S/C21H26N4O4S/c26-19(22-15-4-1-2-5-15)12-30-21-24-23-20(25(21)11-16-6-3-9-27-16)14-7-8-17-18(10-14)29-13-28-17/h7-8,10,15-16H,1-6,9,11-13H2,(H,22,26)/t16-/m1/s1. The Labute approximate surface area is 179 Å². The maximum Gasteiger partial charge on any atom is 0.231 e. The van der Waals surface area contributed by atoms with Crippen molar-refractivity contribution in [3.63, 3.8) is 0 Å². The van der Waals surface area contributed by atoms with Gasteiger partial charge in [0.05, 0.1) is 18.4 Å². The number of hydrogen-bond acceptors (Lipinski definition) is 7. The third-order valence-corrected chi connectivity index (χ3v) is 6.78. The molecule has 0 bridgehead atoms. The molecular formula is C21H26N4O4S. The van der Waals surface area contributed by atoms with Gasteiger partial charge in [-0.15, -0.1) is 10.2 Å². The number of thioether (sulfide) groups is 1. The lowest BCUT2D eigenvalue weighted by Crippen LogP contribution is -2.33. The Morgan fingerprint density at radius 1 is 1.13 bits per heavy atom. The third kappa shape index (κ3) is 4.27. The fourth-order valence-corrected chi connectivity index (χ4v) is 5.03. The van der Waals surface area contributed by atoms with Crippen LogP contribution in [0.1, 0.15) is 38.5 Å². The van der Waals surface area contributed by atoms with Crippen LogP contribution in [0.2, 0.25) is 0 Å². The summed E-state index contributed by atoms with van der Waals surface area (Å²) >= 11 is 1.43. The third-order valence-electron chi connectivity index (χ3n) is 5.81. The number of nitrogens with zero attached hydrogens (tertiary/aromatic N) is 3. The summed E-state index contributed by atoms with van der Waals surface area (Å²) in [6, 6.07) is 6.11. The summed E-state index contributed by atoms with van der Waals surface area (Å²) in [5.41, 5.74) is 0.909. The molecule has 1 N–H and O–H groups in total. The van der Waals surface area contributed by atoms with Crippen LogP contribution in [0.25, 0.3) is 11.4 Å². The van der Waals surface area contributed by atoms with Gasteiger partial charge in [0.1, 0.15) is 0 Å². The predicted octanol–water partition coefficient (Wildman–Crippen LogP) is 3.00. The Balaban J connectivity index is 1.34. The lowest BCUT2D eigenvalue weighted by Gasteiger charge is -2.15. The van der Waals surface area contributed by atoms with E-state index < -0.39 is 0 Å². The van der Waals surface area contributed by atoms with Crippen LogP contribution in [0.5, 0.6) is 11.5 Å². The van der Waals surface area contributed by atoms with Crippen molar-refractivity contribution < 1.29 is 19.0 Å². The van der Waals surface area contributed by atoms with Gasteiger partial charge in [0, 0.05) is 18.2 Å². The molecule has 8 nitrogen and oxygen atoms in total. The smallest absolute Gasteiger partial charge is 0.231 e. The zero-order valence-corrected chi connectivity index (χ0v) is 17.7. The lowest BCUT2D eigenvalue weighted by molar-refractivity contribution is -0.119. The summed E-state index contributed by atoms with van der Waals surface area (Å²) in [5, 5.41) is 12.7. The molecule has 1 aromatic heterocycles. The van der Waals surface area contributed by atoms with Gasteiger partial charge in [0.25, 0.3) is 0 Å². The molecule has 1 atom stereocenters. The molecule has 1 amide bonds. The molecule has 3 aliphatic rings. The van der Waals surface area contributed by atoms with E-state index in [0.29, 0.717) is 24.1 Å². The molecule has 5 rings (SSSR count). The summed E-state index contributed by atoms with van der Waals surface area (Å²) in [6.07, 6.45) is 6.79. The normalized spacial score (nSPS) is 20.7. The number of nitrogens with one attached hydrogen (secondary N) is 1. The Morgan fingerprint density at radius 3 is 2.83 bits per heavy atom. The van der Waals surface area contributed by atoms with Crippen molar-refractivity contribution in [2.24, 2.45) is 0 Å². The van der Waals surface area contributed by atoms with Gasteiger partial charge < -0.3 is 19.5 Å². The van der Waals surface area contributed by atoms with Crippen LogP contribution in [0.3, 0.4) is 0 Å². The van der Waals surface area contributed by atoms with E-state index >= 15 is 0 Å². The molecule has 160 valence electrons. The van der Waals surface area contributed by atoms with Crippen LogP contribution in [-0.2, 0) is 16.1 Å². The van der Waals surface area contributed by atoms with E-state index in [0.717, 1.165) is 54.6 Å². The molecule has 0 spiro atoms. The predicted molar refractivity (Wildman–Crippen MR) is 112 cm³/mol. The van der Waals surface area contributed by atoms with Gasteiger partial charge >= 0.3 is 0 Å². The van der Waals surface area contributed by atoms with Gasteiger partial charge in [-0.3, -0.25) is 9.36 Å². The van der Waals surface area contributed by atoms with Crippen molar-refractivity contribution in [1.29, 1.82) is 0 Å². The monoisotopic (exact) mass is 430 g/mol. The van der Waals surface area contributed by atoms with Crippen LogP contribution in [0, 0.1) is 0 Å². The fraction of sp³-hybridized carbons (Fsp3) is 0.571. The van der Waals surface area contributed by atoms with Gasteiger partial charge in [-0.2, -0.15) is 0 Å². The van der Waals surface area contributed by atoms with Gasteiger partial charge in [0.15, 0.2) is 22.5 Å². The molecule has 9 heteroatoms. The maximum atomic E-state index is 12.4. The second kappa shape index (κ2) is 8.85. The van der Waals surface area contributed by atoms with Gasteiger partial charge in [-0.05, 0) is 43.9 Å². The molecular weight excluding hydrogens is 404 g/mol. The van der Waals surface area contributed by atoms with E-state index in [1.54, 1.807) is 0 Å². The van der Waals surface area contributed by atoms with Crippen molar-refractivity contribution in [2.45, 2.75) is 62.4 Å². The number of benzene rings is 1. The van der Waals surface area contributed by atoms with E-state index in [1.807, 2.05) is 18.2 Å². The van der Waals surface area contributed by atoms with E-state index in [9.17, 15) is 4.79 Å². The van der Waals surface area contributed by atoms with Gasteiger partial charge in [-0.1, -0.05) is 24.6 Å². The average molecular weight is 431 g/mol. The van der Waals surface area contributed by atoms with Crippen molar-refractivity contribution in [3.05, 3.63) is 18.2 Å². The highest BCUT2D eigenvalue weighted by atomic mass is 32.2. The van der Waals surface area contributed by atoms with Crippen LogP contribution in [0.4, 0.5) is 0 Å². The van der Waals surface area contributed by atoms with Crippen LogP contribution < -0.4 is 14.8 Å². The van der Waals surface area contributed by atoms with Crippen LogP contribution in [0.15, 0.2) is 23.4 Å². The molecule has 3 heterocycles. The first kappa shape index (κ1) is 19.7. The van der Waals surface area contributed by atoms with Crippen LogP contribution >= 0.6 is 11.8 Å². The molecule has 2 fully saturated rings. The summed E-state index contributed by atoms with van der Waals surface area (Å²) in [7, 11) is 0. The number of carbonyl (C=O) groups is 1. The van der Waals surface area contributed by atoms with Crippen molar-refractivity contribution >= 4 is 17.7 Å². The number of aromatic nitrogens is 3. The molecule has 30 heavy (non-hydrogen) atoms. The number of fused-ring (bicyclic) bond motifs is 1. The van der Waals surface area contributed by atoms with E-state index in [2.05, 4.69) is 20.1 Å². The molecule has 2 aromatic rings. The second-order valence-electron chi connectivity index (χ2n) is 7.96. The highest BCUT2D eigenvalue weighted by molar-refractivity contribution is 7.99. The number of hydrogen-bond donors (Lipinski definition) is 1. The second-order valence-corrected chi connectivity index (χ2v) is 8.90. The molecule has 1 aromatic carbocycles. The van der Waals surface area contributed by atoms with Gasteiger partial charge in [-0.25, -0.2) is 0 Å². The summed E-state index contributed by atoms with van der Waals surface area (Å²) in [5.74, 6) is 2.60. The minimum absolute atomic E-state index is 0.0585. The maximum absolute atomic E-state index is 12.4. The first-order valence-corrected chi connectivity index (χ1v) is 11.6. The van der Waals surface area contributed by atoms with Crippen molar-refractivity contribution in [1.82, 2.24) is 20.1 Å². The Hall–Kier alpha value is -2.26. The van der Waals surface area contributed by atoms with E-state index in [1.165, 1.54) is 24.6 Å². The zero-order chi connectivity index (χ0) is 20.3. The Kier molecular flexibility index (Phi) is 5.81. The quantitative estimate of drug-likeness (QED) is 0.676. The highest BCUT2D eigenvalue weighted by Gasteiger charge is 2.24.